The first-order chi connectivity index (χ1) is 14.2. The molecule has 0 radical (unpaired) electrons. The molecule has 0 aliphatic carbocycles. The minimum atomic E-state index is -0.716. The zero-order valence-corrected chi connectivity index (χ0v) is 17.8. The van der Waals surface area contributed by atoms with E-state index in [4.69, 9.17) is 5.11 Å². The third-order valence-electron chi connectivity index (χ3n) is 5.97. The number of hydrogen-bond donors (Lipinski definition) is 1. The second kappa shape index (κ2) is 7.76. The molecule has 2 aliphatic heterocycles. The van der Waals surface area contributed by atoms with Gasteiger partial charge < -0.3 is 5.11 Å². The lowest BCUT2D eigenvalue weighted by Gasteiger charge is -2.36. The van der Waals surface area contributed by atoms with Gasteiger partial charge in [0.15, 0.2) is 0 Å². The summed E-state index contributed by atoms with van der Waals surface area (Å²) in [5, 5.41) is 9.00. The molecule has 4 rings (SSSR count). The molecule has 0 spiro atoms. The van der Waals surface area contributed by atoms with Gasteiger partial charge in [-0.3, -0.25) is 19.5 Å². The van der Waals surface area contributed by atoms with Crippen LogP contribution < -0.4 is 9.80 Å². The van der Waals surface area contributed by atoms with E-state index < -0.39 is 5.97 Å². The molecule has 0 atom stereocenters. The maximum atomic E-state index is 13.2. The third kappa shape index (κ3) is 3.92. The molecule has 30 heavy (non-hydrogen) atoms. The van der Waals surface area contributed by atoms with Gasteiger partial charge in [0.2, 0.25) is 0 Å². The van der Waals surface area contributed by atoms with Gasteiger partial charge >= 0.3 is 12.0 Å². The Morgan fingerprint density at radius 3 is 2.27 bits per heavy atom. The van der Waals surface area contributed by atoms with Crippen molar-refractivity contribution in [2.24, 2.45) is 5.92 Å². The van der Waals surface area contributed by atoms with Crippen LogP contribution in [0.4, 0.5) is 16.2 Å². The van der Waals surface area contributed by atoms with Crippen LogP contribution in [0.2, 0.25) is 0 Å². The van der Waals surface area contributed by atoms with E-state index in [2.05, 4.69) is 31.7 Å². The second-order valence-electron chi connectivity index (χ2n) is 9.25. The average molecular weight is 408 g/mol. The summed E-state index contributed by atoms with van der Waals surface area (Å²) in [5.41, 5.74) is 4.14. The number of carboxylic acids is 1. The van der Waals surface area contributed by atoms with E-state index in [-0.39, 0.29) is 17.4 Å². The quantitative estimate of drug-likeness (QED) is 0.815. The lowest BCUT2D eigenvalue weighted by atomic mass is 9.85. The van der Waals surface area contributed by atoms with Crippen molar-refractivity contribution in [1.82, 2.24) is 4.90 Å². The number of carboxylic acid groups (broad SMARTS) is 1. The fraction of sp³-hybridized carbons (Fsp3) is 0.417. The van der Waals surface area contributed by atoms with E-state index in [1.54, 1.807) is 0 Å². The molecule has 0 aromatic heterocycles. The van der Waals surface area contributed by atoms with Crippen molar-refractivity contribution in [2.45, 2.75) is 32.7 Å². The van der Waals surface area contributed by atoms with Gasteiger partial charge in [-0.25, -0.2) is 4.79 Å². The van der Waals surface area contributed by atoms with Crippen molar-refractivity contribution in [3.8, 4) is 0 Å². The first-order valence-corrected chi connectivity index (χ1v) is 10.5. The van der Waals surface area contributed by atoms with Crippen LogP contribution in [0.3, 0.4) is 0 Å². The topological polar surface area (TPSA) is 64.1 Å². The molecule has 0 bridgehead atoms. The van der Waals surface area contributed by atoms with Gasteiger partial charge in [0, 0.05) is 44.1 Å². The zero-order chi connectivity index (χ0) is 21.5. The number of para-hydroxylation sites is 1. The summed E-state index contributed by atoms with van der Waals surface area (Å²) in [6.07, 6.45) is 0. The number of urea groups is 1. The number of benzene rings is 2. The third-order valence-corrected chi connectivity index (χ3v) is 5.97. The van der Waals surface area contributed by atoms with E-state index in [0.29, 0.717) is 26.2 Å². The van der Waals surface area contributed by atoms with Crippen molar-refractivity contribution in [1.29, 1.82) is 0 Å². The summed E-state index contributed by atoms with van der Waals surface area (Å²) in [7, 11) is 0. The van der Waals surface area contributed by atoms with Crippen LogP contribution in [-0.4, -0.2) is 48.2 Å². The number of rotatable bonds is 5. The predicted octanol–water partition coefficient (Wildman–Crippen LogP) is 3.95. The number of carbonyl (C=O) groups is 2. The number of nitrogens with zero attached hydrogens (tertiary/aromatic N) is 3. The van der Waals surface area contributed by atoms with Gasteiger partial charge in [0.05, 0.1) is 5.92 Å². The van der Waals surface area contributed by atoms with Crippen LogP contribution >= 0.6 is 0 Å². The number of amides is 2. The van der Waals surface area contributed by atoms with Crippen LogP contribution in [0.25, 0.3) is 0 Å². The minimum absolute atomic E-state index is 0.00601. The first-order valence-electron chi connectivity index (χ1n) is 10.5. The Morgan fingerprint density at radius 1 is 1.00 bits per heavy atom. The molecule has 2 aliphatic rings. The number of anilines is 2. The molecule has 2 saturated heterocycles. The largest absolute Gasteiger partial charge is 0.481 e. The Bertz CT molecular complexity index is 943. The molecule has 158 valence electrons. The molecular formula is C24H29N3O3. The van der Waals surface area contributed by atoms with Crippen LogP contribution in [0.5, 0.6) is 0 Å². The van der Waals surface area contributed by atoms with Crippen molar-refractivity contribution in [2.75, 3.05) is 36.0 Å². The van der Waals surface area contributed by atoms with E-state index in [9.17, 15) is 9.59 Å². The van der Waals surface area contributed by atoms with Crippen molar-refractivity contribution >= 4 is 23.4 Å². The maximum absolute atomic E-state index is 13.2. The highest BCUT2D eigenvalue weighted by atomic mass is 16.4. The molecular weight excluding hydrogens is 378 g/mol. The summed E-state index contributed by atoms with van der Waals surface area (Å²) >= 11 is 0. The number of carbonyl (C=O) groups excluding carboxylic acids is 1. The van der Waals surface area contributed by atoms with E-state index in [1.165, 1.54) is 5.56 Å². The molecule has 2 amide bonds. The molecule has 0 unspecified atom stereocenters. The van der Waals surface area contributed by atoms with Gasteiger partial charge in [0.1, 0.15) is 0 Å². The van der Waals surface area contributed by atoms with E-state index in [0.717, 1.165) is 23.5 Å². The maximum Gasteiger partial charge on any atom is 0.329 e. The molecule has 6 nitrogen and oxygen atoms in total. The van der Waals surface area contributed by atoms with Gasteiger partial charge in [-0.05, 0) is 34.7 Å². The summed E-state index contributed by atoms with van der Waals surface area (Å²) in [6.45, 7) is 9.76. The summed E-state index contributed by atoms with van der Waals surface area (Å²) in [5.74, 6) is -0.958. The molecule has 6 heteroatoms. The van der Waals surface area contributed by atoms with Crippen molar-refractivity contribution in [3.05, 3.63) is 59.7 Å². The van der Waals surface area contributed by atoms with Crippen molar-refractivity contribution in [3.63, 3.8) is 0 Å². The van der Waals surface area contributed by atoms with Crippen LogP contribution in [-0.2, 0) is 16.8 Å². The summed E-state index contributed by atoms with van der Waals surface area (Å²) < 4.78 is 0. The normalized spacial score (nSPS) is 18.0. The highest BCUT2D eigenvalue weighted by molar-refractivity contribution is 6.06. The predicted molar refractivity (Wildman–Crippen MR) is 118 cm³/mol. The molecule has 2 heterocycles. The van der Waals surface area contributed by atoms with Crippen LogP contribution in [0, 0.1) is 5.92 Å². The molecule has 0 saturated carbocycles. The summed E-state index contributed by atoms with van der Waals surface area (Å²) in [4.78, 5) is 30.0. The van der Waals surface area contributed by atoms with E-state index >= 15 is 0 Å². The Morgan fingerprint density at radius 2 is 1.63 bits per heavy atom. The van der Waals surface area contributed by atoms with Crippen molar-refractivity contribution < 1.29 is 14.7 Å². The number of hydrogen-bond acceptors (Lipinski definition) is 3. The Kier molecular flexibility index (Phi) is 5.28. The monoisotopic (exact) mass is 407 g/mol. The Hall–Kier alpha value is -2.86. The smallest absolute Gasteiger partial charge is 0.329 e. The van der Waals surface area contributed by atoms with Gasteiger partial charge in [-0.2, -0.15) is 0 Å². The minimum Gasteiger partial charge on any atom is -0.481 e. The Balaban J connectivity index is 1.44. The zero-order valence-electron chi connectivity index (χ0n) is 17.8. The van der Waals surface area contributed by atoms with Gasteiger partial charge in [-0.15, -0.1) is 0 Å². The second-order valence-corrected chi connectivity index (χ2v) is 9.25. The fourth-order valence-electron chi connectivity index (χ4n) is 4.24. The van der Waals surface area contributed by atoms with Crippen LogP contribution in [0.1, 0.15) is 31.9 Å². The lowest BCUT2D eigenvalue weighted by molar-refractivity contribution is -0.147. The lowest BCUT2D eigenvalue weighted by Crippen LogP contribution is -2.49. The molecule has 2 aromatic rings. The van der Waals surface area contributed by atoms with Gasteiger partial charge in [-0.1, -0.05) is 51.1 Å². The average Bonchev–Trinajstić information content (AvgIpc) is 3.05. The highest BCUT2D eigenvalue weighted by Gasteiger charge is 2.34. The standard InChI is InChI=1S/C24H29N3O3/c1-24(2,3)20-6-4-5-7-21(20)27-13-12-26(23(27)30)19-10-8-17(9-11-19)14-25-15-18(16-25)22(28)29/h4-11,18H,12-16H2,1-3H3,(H,28,29). The molecule has 1 N–H and O–H groups in total. The van der Waals surface area contributed by atoms with Crippen LogP contribution in [0.15, 0.2) is 48.5 Å². The highest BCUT2D eigenvalue weighted by Crippen LogP contribution is 2.34. The first kappa shape index (κ1) is 20.4. The Labute approximate surface area is 177 Å². The molecule has 2 fully saturated rings. The van der Waals surface area contributed by atoms with E-state index in [1.807, 2.05) is 52.3 Å². The van der Waals surface area contributed by atoms with Gasteiger partial charge in [0.25, 0.3) is 0 Å². The summed E-state index contributed by atoms with van der Waals surface area (Å²) in [6, 6.07) is 16.2. The number of likely N-dealkylation sites (tertiary alicyclic amines) is 1. The SMILES string of the molecule is CC(C)(C)c1ccccc1N1CCN(c2ccc(CN3CC(C(=O)O)C3)cc2)C1=O. The fourth-order valence-corrected chi connectivity index (χ4v) is 4.24. The number of aliphatic carboxylic acids is 1. The molecule has 2 aromatic carbocycles.